The molecule has 0 radical (unpaired) electrons. The standard InChI is InChI=1S/C12H10IN3O/c13-11-7-9(16-12(14)17)1-2-10(11)8-3-5-15-6-4-8/h1-7H,(H3,14,16,17). The Hall–Kier alpha value is -1.63. The maximum atomic E-state index is 10.7. The van der Waals surface area contributed by atoms with E-state index in [0.717, 1.165) is 14.7 Å². The van der Waals surface area contributed by atoms with E-state index in [4.69, 9.17) is 5.73 Å². The summed E-state index contributed by atoms with van der Waals surface area (Å²) in [5.41, 5.74) is 7.95. The summed E-state index contributed by atoms with van der Waals surface area (Å²) in [4.78, 5) is 14.7. The van der Waals surface area contributed by atoms with Crippen LogP contribution in [0.15, 0.2) is 42.7 Å². The molecule has 0 unspecified atom stereocenters. The number of aromatic nitrogens is 1. The molecule has 1 heterocycles. The molecule has 17 heavy (non-hydrogen) atoms. The molecule has 0 spiro atoms. The SMILES string of the molecule is NC(=O)Nc1ccc(-c2ccncc2)c(I)c1. The lowest BCUT2D eigenvalue weighted by Crippen LogP contribution is -2.19. The zero-order chi connectivity index (χ0) is 12.3. The number of amides is 2. The van der Waals surface area contributed by atoms with Crippen LogP contribution in [0.4, 0.5) is 10.5 Å². The second-order valence-corrected chi connectivity index (χ2v) is 4.58. The minimum atomic E-state index is -0.558. The van der Waals surface area contributed by atoms with Gasteiger partial charge in [-0.05, 0) is 58.0 Å². The van der Waals surface area contributed by atoms with Gasteiger partial charge >= 0.3 is 6.03 Å². The number of nitrogens with zero attached hydrogens (tertiary/aromatic N) is 1. The number of urea groups is 1. The molecule has 0 aliphatic heterocycles. The Bertz CT molecular complexity index is 543. The molecular weight excluding hydrogens is 329 g/mol. The summed E-state index contributed by atoms with van der Waals surface area (Å²) in [6.07, 6.45) is 3.50. The molecule has 2 amide bonds. The summed E-state index contributed by atoms with van der Waals surface area (Å²) in [5, 5.41) is 2.55. The van der Waals surface area contributed by atoms with Crippen LogP contribution in [0.3, 0.4) is 0 Å². The summed E-state index contributed by atoms with van der Waals surface area (Å²) >= 11 is 2.22. The molecule has 2 rings (SSSR count). The van der Waals surface area contributed by atoms with Gasteiger partial charge in [-0.3, -0.25) is 4.98 Å². The molecule has 1 aromatic heterocycles. The number of nitrogens with one attached hydrogen (secondary N) is 1. The third-order valence-electron chi connectivity index (χ3n) is 2.23. The van der Waals surface area contributed by atoms with Crippen LogP contribution in [-0.4, -0.2) is 11.0 Å². The molecule has 1 aromatic carbocycles. The van der Waals surface area contributed by atoms with Crippen molar-refractivity contribution in [3.05, 3.63) is 46.3 Å². The molecule has 0 saturated heterocycles. The van der Waals surface area contributed by atoms with E-state index >= 15 is 0 Å². The zero-order valence-electron chi connectivity index (χ0n) is 8.85. The number of halogens is 1. The van der Waals surface area contributed by atoms with Gasteiger partial charge in [0.15, 0.2) is 0 Å². The van der Waals surface area contributed by atoms with E-state index in [-0.39, 0.29) is 0 Å². The van der Waals surface area contributed by atoms with Gasteiger partial charge in [0.25, 0.3) is 0 Å². The largest absolute Gasteiger partial charge is 0.351 e. The molecule has 5 heteroatoms. The van der Waals surface area contributed by atoms with E-state index < -0.39 is 6.03 Å². The number of benzene rings is 1. The van der Waals surface area contributed by atoms with Gasteiger partial charge in [-0.15, -0.1) is 0 Å². The number of hydrogen-bond acceptors (Lipinski definition) is 2. The predicted octanol–water partition coefficient (Wildman–Crippen LogP) is 2.84. The maximum absolute atomic E-state index is 10.7. The van der Waals surface area contributed by atoms with Crippen LogP contribution >= 0.6 is 22.6 Å². The molecule has 86 valence electrons. The van der Waals surface area contributed by atoms with Crippen molar-refractivity contribution in [2.45, 2.75) is 0 Å². The van der Waals surface area contributed by atoms with E-state index in [1.54, 1.807) is 12.4 Å². The topological polar surface area (TPSA) is 68.0 Å². The molecular formula is C12H10IN3O. The number of carbonyl (C=O) groups excluding carboxylic acids is 1. The summed E-state index contributed by atoms with van der Waals surface area (Å²) in [5.74, 6) is 0. The Balaban J connectivity index is 2.35. The molecule has 3 N–H and O–H groups in total. The molecule has 0 atom stereocenters. The van der Waals surface area contributed by atoms with E-state index in [1.807, 2.05) is 30.3 Å². The quantitative estimate of drug-likeness (QED) is 0.826. The van der Waals surface area contributed by atoms with Crippen molar-refractivity contribution in [1.82, 2.24) is 4.98 Å². The van der Waals surface area contributed by atoms with Crippen LogP contribution in [0.1, 0.15) is 0 Å². The van der Waals surface area contributed by atoms with Gasteiger partial charge in [0.2, 0.25) is 0 Å². The Labute approximate surface area is 112 Å². The van der Waals surface area contributed by atoms with Crippen LogP contribution in [0.25, 0.3) is 11.1 Å². The summed E-state index contributed by atoms with van der Waals surface area (Å²) in [7, 11) is 0. The second-order valence-electron chi connectivity index (χ2n) is 3.42. The first kappa shape index (κ1) is 11.8. The summed E-state index contributed by atoms with van der Waals surface area (Å²) in [6.45, 7) is 0. The van der Waals surface area contributed by atoms with Gasteiger partial charge in [0, 0.05) is 21.7 Å². The number of pyridine rings is 1. The van der Waals surface area contributed by atoms with E-state index in [0.29, 0.717) is 5.69 Å². The number of primary amides is 1. The Kier molecular flexibility index (Phi) is 3.58. The monoisotopic (exact) mass is 339 g/mol. The average Bonchev–Trinajstić information content (AvgIpc) is 2.29. The molecule has 0 saturated carbocycles. The second kappa shape index (κ2) is 5.13. The fourth-order valence-electron chi connectivity index (χ4n) is 1.50. The van der Waals surface area contributed by atoms with Gasteiger partial charge in [-0.2, -0.15) is 0 Å². The molecule has 4 nitrogen and oxygen atoms in total. The highest BCUT2D eigenvalue weighted by molar-refractivity contribution is 14.1. The number of anilines is 1. The van der Waals surface area contributed by atoms with Crippen molar-refractivity contribution in [2.24, 2.45) is 5.73 Å². The average molecular weight is 339 g/mol. The summed E-state index contributed by atoms with van der Waals surface area (Å²) in [6, 6.07) is 8.97. The van der Waals surface area contributed by atoms with Gasteiger partial charge in [-0.1, -0.05) is 6.07 Å². The van der Waals surface area contributed by atoms with Gasteiger partial charge in [0.1, 0.15) is 0 Å². The van der Waals surface area contributed by atoms with Crippen molar-refractivity contribution in [3.8, 4) is 11.1 Å². The molecule has 0 bridgehead atoms. The number of hydrogen-bond donors (Lipinski definition) is 2. The van der Waals surface area contributed by atoms with Crippen molar-refractivity contribution in [2.75, 3.05) is 5.32 Å². The van der Waals surface area contributed by atoms with Crippen molar-refractivity contribution in [3.63, 3.8) is 0 Å². The minimum Gasteiger partial charge on any atom is -0.351 e. The first-order chi connectivity index (χ1) is 8.16. The lowest BCUT2D eigenvalue weighted by Gasteiger charge is -2.07. The fraction of sp³-hybridized carbons (Fsp3) is 0. The third-order valence-corrected chi connectivity index (χ3v) is 3.12. The van der Waals surface area contributed by atoms with Crippen molar-refractivity contribution >= 4 is 34.3 Å². The first-order valence-electron chi connectivity index (χ1n) is 4.93. The minimum absolute atomic E-state index is 0.558. The normalized spacial score (nSPS) is 9.94. The van der Waals surface area contributed by atoms with Crippen molar-refractivity contribution in [1.29, 1.82) is 0 Å². The highest BCUT2D eigenvalue weighted by atomic mass is 127. The molecule has 2 aromatic rings. The maximum Gasteiger partial charge on any atom is 0.316 e. The third kappa shape index (κ3) is 2.94. The predicted molar refractivity (Wildman–Crippen MR) is 75.6 cm³/mol. The smallest absolute Gasteiger partial charge is 0.316 e. The Morgan fingerprint density at radius 3 is 2.53 bits per heavy atom. The van der Waals surface area contributed by atoms with Gasteiger partial charge in [-0.25, -0.2) is 4.79 Å². The van der Waals surface area contributed by atoms with Crippen LogP contribution < -0.4 is 11.1 Å². The van der Waals surface area contributed by atoms with Gasteiger partial charge < -0.3 is 11.1 Å². The Morgan fingerprint density at radius 1 is 1.24 bits per heavy atom. The lowest BCUT2D eigenvalue weighted by atomic mass is 10.1. The molecule has 0 aliphatic carbocycles. The van der Waals surface area contributed by atoms with Crippen LogP contribution in [-0.2, 0) is 0 Å². The zero-order valence-corrected chi connectivity index (χ0v) is 11.0. The highest BCUT2D eigenvalue weighted by Gasteiger charge is 2.04. The van der Waals surface area contributed by atoms with Crippen LogP contribution in [0.5, 0.6) is 0 Å². The molecule has 0 fully saturated rings. The van der Waals surface area contributed by atoms with E-state index in [1.165, 1.54) is 0 Å². The highest BCUT2D eigenvalue weighted by Crippen LogP contribution is 2.27. The van der Waals surface area contributed by atoms with Crippen molar-refractivity contribution < 1.29 is 4.79 Å². The molecule has 0 aliphatic rings. The van der Waals surface area contributed by atoms with Crippen LogP contribution in [0, 0.1) is 3.57 Å². The summed E-state index contributed by atoms with van der Waals surface area (Å²) < 4.78 is 1.04. The first-order valence-corrected chi connectivity index (χ1v) is 6.01. The number of nitrogens with two attached hydrogens (primary N) is 1. The Morgan fingerprint density at radius 2 is 1.94 bits per heavy atom. The van der Waals surface area contributed by atoms with E-state index in [2.05, 4.69) is 32.9 Å². The lowest BCUT2D eigenvalue weighted by molar-refractivity contribution is 0.259. The van der Waals surface area contributed by atoms with E-state index in [9.17, 15) is 4.79 Å². The van der Waals surface area contributed by atoms with Crippen LogP contribution in [0.2, 0.25) is 0 Å². The van der Waals surface area contributed by atoms with Gasteiger partial charge in [0.05, 0.1) is 0 Å². The number of rotatable bonds is 2. The number of carbonyl (C=O) groups is 1. The fourth-order valence-corrected chi connectivity index (χ4v) is 2.33.